The summed E-state index contributed by atoms with van der Waals surface area (Å²) in [6.07, 6.45) is 2.07. The van der Waals surface area contributed by atoms with E-state index in [4.69, 9.17) is 9.47 Å². The van der Waals surface area contributed by atoms with E-state index in [2.05, 4.69) is 30.2 Å². The third-order valence-electron chi connectivity index (χ3n) is 2.76. The van der Waals surface area contributed by atoms with Gasteiger partial charge in [0, 0.05) is 25.4 Å². The van der Waals surface area contributed by atoms with Crippen LogP contribution >= 0.6 is 0 Å². The molecule has 1 N–H and O–H groups in total. The van der Waals surface area contributed by atoms with Crippen molar-refractivity contribution in [2.45, 2.75) is 46.3 Å². The maximum absolute atomic E-state index is 5.78. The van der Waals surface area contributed by atoms with Crippen molar-refractivity contribution in [1.29, 1.82) is 0 Å². The van der Waals surface area contributed by atoms with Gasteiger partial charge in [-0.25, -0.2) is 4.98 Å². The number of methoxy groups -OCH3 is 1. The van der Waals surface area contributed by atoms with Gasteiger partial charge in [0.1, 0.15) is 6.10 Å². The maximum Gasteiger partial charge on any atom is 0.214 e. The summed E-state index contributed by atoms with van der Waals surface area (Å²) < 4.78 is 10.9. The number of hydrogen-bond donors (Lipinski definition) is 1. The first-order valence-electron chi connectivity index (χ1n) is 7.05. The largest absolute Gasteiger partial charge is 0.472 e. The number of pyridine rings is 1. The second-order valence-corrected chi connectivity index (χ2v) is 4.72. The number of rotatable bonds is 9. The van der Waals surface area contributed by atoms with Crippen molar-refractivity contribution >= 4 is 0 Å². The third kappa shape index (κ3) is 6.03. The van der Waals surface area contributed by atoms with Crippen molar-refractivity contribution in [3.63, 3.8) is 0 Å². The van der Waals surface area contributed by atoms with Gasteiger partial charge in [-0.05, 0) is 37.9 Å². The van der Waals surface area contributed by atoms with Crippen LogP contribution in [0.1, 0.15) is 38.4 Å². The summed E-state index contributed by atoms with van der Waals surface area (Å²) >= 11 is 0. The van der Waals surface area contributed by atoms with Gasteiger partial charge in [-0.3, -0.25) is 0 Å². The molecule has 108 valence electrons. The van der Waals surface area contributed by atoms with Crippen LogP contribution in [0.15, 0.2) is 12.1 Å². The predicted octanol–water partition coefficient (Wildman–Crippen LogP) is 2.56. The van der Waals surface area contributed by atoms with E-state index in [1.54, 1.807) is 7.11 Å². The monoisotopic (exact) mass is 266 g/mol. The highest BCUT2D eigenvalue weighted by Crippen LogP contribution is 2.15. The number of nitrogens with one attached hydrogen (secondary N) is 1. The van der Waals surface area contributed by atoms with Gasteiger partial charge in [-0.2, -0.15) is 0 Å². The Morgan fingerprint density at radius 1 is 1.32 bits per heavy atom. The van der Waals surface area contributed by atoms with Crippen molar-refractivity contribution in [3.05, 3.63) is 23.4 Å². The van der Waals surface area contributed by atoms with Crippen LogP contribution in [-0.4, -0.2) is 31.3 Å². The average molecular weight is 266 g/mol. The Morgan fingerprint density at radius 2 is 2.11 bits per heavy atom. The van der Waals surface area contributed by atoms with Crippen LogP contribution in [0, 0.1) is 0 Å². The van der Waals surface area contributed by atoms with Crippen LogP contribution < -0.4 is 10.1 Å². The number of aromatic nitrogens is 1. The summed E-state index contributed by atoms with van der Waals surface area (Å²) in [5.74, 6) is 0.692. The summed E-state index contributed by atoms with van der Waals surface area (Å²) in [6, 6.07) is 4.14. The van der Waals surface area contributed by atoms with Gasteiger partial charge in [0.05, 0.1) is 6.61 Å². The van der Waals surface area contributed by atoms with Gasteiger partial charge in [0.2, 0.25) is 5.88 Å². The van der Waals surface area contributed by atoms with E-state index in [1.165, 1.54) is 5.56 Å². The minimum absolute atomic E-state index is 0.0149. The minimum Gasteiger partial charge on any atom is -0.472 e. The lowest BCUT2D eigenvalue weighted by molar-refractivity contribution is 0.0888. The molecule has 1 aromatic heterocycles. The summed E-state index contributed by atoms with van der Waals surface area (Å²) in [6.45, 7) is 8.71. The summed E-state index contributed by atoms with van der Waals surface area (Å²) in [5, 5.41) is 3.40. The van der Waals surface area contributed by atoms with Crippen LogP contribution in [0.25, 0.3) is 0 Å². The van der Waals surface area contributed by atoms with Crippen molar-refractivity contribution in [2.75, 3.05) is 20.3 Å². The molecule has 1 rings (SSSR count). The second-order valence-electron chi connectivity index (χ2n) is 4.72. The molecule has 0 amide bonds. The topological polar surface area (TPSA) is 43.4 Å². The normalized spacial score (nSPS) is 12.4. The van der Waals surface area contributed by atoms with Crippen molar-refractivity contribution in [1.82, 2.24) is 10.3 Å². The molecule has 0 spiro atoms. The third-order valence-corrected chi connectivity index (χ3v) is 2.76. The molecule has 1 atom stereocenters. The Kier molecular flexibility index (Phi) is 7.45. The zero-order valence-corrected chi connectivity index (χ0v) is 12.5. The molecule has 0 saturated heterocycles. The van der Waals surface area contributed by atoms with E-state index in [0.717, 1.165) is 31.6 Å². The number of hydrogen-bond acceptors (Lipinski definition) is 4. The first-order valence-corrected chi connectivity index (χ1v) is 7.05. The molecule has 4 heteroatoms. The molecule has 1 unspecified atom stereocenters. The quantitative estimate of drug-likeness (QED) is 0.698. The summed E-state index contributed by atoms with van der Waals surface area (Å²) in [7, 11) is 1.68. The lowest BCUT2D eigenvalue weighted by Crippen LogP contribution is -2.19. The predicted molar refractivity (Wildman–Crippen MR) is 77.6 cm³/mol. The van der Waals surface area contributed by atoms with Crippen LogP contribution in [0.2, 0.25) is 0 Å². The van der Waals surface area contributed by atoms with Crippen molar-refractivity contribution in [3.8, 4) is 5.88 Å². The standard InChI is InChI=1S/C15H26N2O2/c1-5-7-16-10-13-8-14(6-2)17-15(9-13)19-12(3)11-18-4/h8-9,12,16H,5-7,10-11H2,1-4H3. The molecule has 0 aliphatic carbocycles. The Hall–Kier alpha value is -1.13. The van der Waals surface area contributed by atoms with Crippen molar-refractivity contribution in [2.24, 2.45) is 0 Å². The van der Waals surface area contributed by atoms with Gasteiger partial charge in [-0.1, -0.05) is 13.8 Å². The highest BCUT2D eigenvalue weighted by Gasteiger charge is 2.07. The fourth-order valence-corrected chi connectivity index (χ4v) is 1.85. The molecule has 19 heavy (non-hydrogen) atoms. The molecular weight excluding hydrogens is 240 g/mol. The molecule has 1 aromatic rings. The molecular formula is C15H26N2O2. The van der Waals surface area contributed by atoms with E-state index in [-0.39, 0.29) is 6.10 Å². The van der Waals surface area contributed by atoms with Crippen molar-refractivity contribution < 1.29 is 9.47 Å². The lowest BCUT2D eigenvalue weighted by atomic mass is 10.2. The van der Waals surface area contributed by atoms with Crippen LogP contribution in [0.3, 0.4) is 0 Å². The van der Waals surface area contributed by atoms with Gasteiger partial charge in [-0.15, -0.1) is 0 Å². The zero-order chi connectivity index (χ0) is 14.1. The lowest BCUT2D eigenvalue weighted by Gasteiger charge is -2.15. The molecule has 0 aliphatic heterocycles. The summed E-state index contributed by atoms with van der Waals surface area (Å²) in [4.78, 5) is 4.50. The number of ether oxygens (including phenoxy) is 2. The first-order chi connectivity index (χ1) is 9.19. The van der Waals surface area contributed by atoms with Gasteiger partial charge in [0.15, 0.2) is 0 Å². The Bertz CT molecular complexity index is 369. The van der Waals surface area contributed by atoms with Gasteiger partial charge in [0.25, 0.3) is 0 Å². The van der Waals surface area contributed by atoms with Gasteiger partial charge < -0.3 is 14.8 Å². The van der Waals surface area contributed by atoms with E-state index in [1.807, 2.05) is 13.0 Å². The van der Waals surface area contributed by atoms with Crippen LogP contribution in [0.4, 0.5) is 0 Å². The van der Waals surface area contributed by atoms with Crippen LogP contribution in [-0.2, 0) is 17.7 Å². The molecule has 0 aliphatic rings. The Labute approximate surface area is 116 Å². The molecule has 0 saturated carbocycles. The molecule has 0 bridgehead atoms. The fraction of sp³-hybridized carbons (Fsp3) is 0.667. The van der Waals surface area contributed by atoms with E-state index in [9.17, 15) is 0 Å². The first kappa shape index (κ1) is 15.9. The smallest absolute Gasteiger partial charge is 0.214 e. The molecule has 0 aromatic carbocycles. The minimum atomic E-state index is 0.0149. The Morgan fingerprint density at radius 3 is 2.74 bits per heavy atom. The molecule has 4 nitrogen and oxygen atoms in total. The van der Waals surface area contributed by atoms with Crippen LogP contribution in [0.5, 0.6) is 5.88 Å². The Balaban J connectivity index is 2.71. The zero-order valence-electron chi connectivity index (χ0n) is 12.5. The fourth-order valence-electron chi connectivity index (χ4n) is 1.85. The SMILES string of the molecule is CCCNCc1cc(CC)nc(OC(C)COC)c1. The molecule has 0 fully saturated rings. The number of aryl methyl sites for hydroxylation is 1. The maximum atomic E-state index is 5.78. The van der Waals surface area contributed by atoms with E-state index >= 15 is 0 Å². The van der Waals surface area contributed by atoms with Gasteiger partial charge >= 0.3 is 0 Å². The highest BCUT2D eigenvalue weighted by molar-refractivity contribution is 5.25. The molecule has 0 radical (unpaired) electrons. The van der Waals surface area contributed by atoms with E-state index < -0.39 is 0 Å². The average Bonchev–Trinajstić information content (AvgIpc) is 2.39. The van der Waals surface area contributed by atoms with E-state index in [0.29, 0.717) is 12.5 Å². The highest BCUT2D eigenvalue weighted by atomic mass is 16.5. The summed E-state index contributed by atoms with van der Waals surface area (Å²) in [5.41, 5.74) is 2.29. The second kappa shape index (κ2) is 8.88. The number of nitrogens with zero attached hydrogens (tertiary/aromatic N) is 1. The molecule has 1 heterocycles.